The minimum atomic E-state index is -0.449. The van der Waals surface area contributed by atoms with Crippen molar-refractivity contribution in [2.45, 2.75) is 38.9 Å². The lowest BCUT2D eigenvalue weighted by Gasteiger charge is -2.32. The molecule has 0 unspecified atom stereocenters. The summed E-state index contributed by atoms with van der Waals surface area (Å²) in [6.07, 6.45) is 1.63. The summed E-state index contributed by atoms with van der Waals surface area (Å²) in [5, 5.41) is 0. The van der Waals surface area contributed by atoms with Gasteiger partial charge < -0.3 is 20.8 Å². The van der Waals surface area contributed by atoms with Crippen molar-refractivity contribution in [1.82, 2.24) is 4.98 Å². The van der Waals surface area contributed by atoms with Crippen LogP contribution in [0.4, 0.5) is 11.5 Å². The summed E-state index contributed by atoms with van der Waals surface area (Å²) < 4.78 is 11.8. The van der Waals surface area contributed by atoms with Crippen LogP contribution in [0.25, 0.3) is 0 Å². The highest BCUT2D eigenvalue weighted by Crippen LogP contribution is 2.36. The monoisotopic (exact) mass is 307 g/mol. The Labute approximate surface area is 126 Å². The molecule has 1 saturated heterocycles. The summed E-state index contributed by atoms with van der Waals surface area (Å²) >= 11 is 0. The van der Waals surface area contributed by atoms with Gasteiger partial charge in [0.2, 0.25) is 0 Å². The van der Waals surface area contributed by atoms with Gasteiger partial charge in [0.15, 0.2) is 0 Å². The minimum Gasteiger partial charge on any atom is -0.399 e. The molecule has 0 radical (unpaired) electrons. The standard InChI is InChI=1S/C11H18BN3O2.2ClH/c1-10(2)11(3,4)17-12(16-10)7-5-8(13)9(14)15-6-7;;/h5-6H,13H2,1-4H3,(H2,14,15);2*1H. The summed E-state index contributed by atoms with van der Waals surface area (Å²) in [6.45, 7) is 8.00. The molecule has 0 bridgehead atoms. The van der Waals surface area contributed by atoms with Gasteiger partial charge in [-0.1, -0.05) is 0 Å². The average molecular weight is 308 g/mol. The molecule has 0 spiro atoms. The number of halogens is 2. The van der Waals surface area contributed by atoms with Crippen molar-refractivity contribution in [1.29, 1.82) is 0 Å². The van der Waals surface area contributed by atoms with E-state index in [4.69, 9.17) is 20.8 Å². The quantitative estimate of drug-likeness (QED) is 0.766. The molecule has 0 aromatic carbocycles. The topological polar surface area (TPSA) is 83.4 Å². The largest absolute Gasteiger partial charge is 0.496 e. The van der Waals surface area contributed by atoms with E-state index in [2.05, 4.69) is 4.98 Å². The smallest absolute Gasteiger partial charge is 0.399 e. The molecule has 1 aromatic rings. The van der Waals surface area contributed by atoms with E-state index < -0.39 is 7.12 Å². The Balaban J connectivity index is 0.00000162. The van der Waals surface area contributed by atoms with Gasteiger partial charge in [0.05, 0.1) is 16.9 Å². The lowest BCUT2D eigenvalue weighted by molar-refractivity contribution is 0.00578. The molecule has 4 N–H and O–H groups in total. The number of pyridine rings is 1. The fourth-order valence-electron chi connectivity index (χ4n) is 1.62. The van der Waals surface area contributed by atoms with E-state index in [0.717, 1.165) is 5.46 Å². The third kappa shape index (κ3) is 3.26. The number of hydrogen-bond donors (Lipinski definition) is 2. The van der Waals surface area contributed by atoms with Crippen LogP contribution < -0.4 is 16.9 Å². The van der Waals surface area contributed by atoms with Crippen LogP contribution in [0.2, 0.25) is 0 Å². The first-order chi connectivity index (χ1) is 7.73. The highest BCUT2D eigenvalue weighted by molar-refractivity contribution is 6.62. The van der Waals surface area contributed by atoms with E-state index in [1.807, 2.05) is 27.7 Å². The minimum absolute atomic E-state index is 0. The Kier molecular flexibility index (Phi) is 5.54. The van der Waals surface area contributed by atoms with E-state index in [-0.39, 0.29) is 36.0 Å². The van der Waals surface area contributed by atoms with Crippen molar-refractivity contribution < 1.29 is 9.31 Å². The molecule has 1 aliphatic heterocycles. The predicted molar refractivity (Wildman–Crippen MR) is 83.3 cm³/mol. The summed E-state index contributed by atoms with van der Waals surface area (Å²) in [5.74, 6) is 0.324. The molecule has 0 amide bonds. The van der Waals surface area contributed by atoms with Gasteiger partial charge in [-0.25, -0.2) is 4.98 Å². The van der Waals surface area contributed by atoms with Gasteiger partial charge in [0, 0.05) is 11.7 Å². The van der Waals surface area contributed by atoms with Gasteiger partial charge in [0.25, 0.3) is 0 Å². The second-order valence-corrected chi connectivity index (χ2v) is 5.33. The second-order valence-electron chi connectivity index (χ2n) is 5.33. The predicted octanol–water partition coefficient (Wildman–Crippen LogP) is 1.39. The van der Waals surface area contributed by atoms with Crippen LogP contribution in [0.15, 0.2) is 12.3 Å². The Morgan fingerprint density at radius 3 is 1.95 bits per heavy atom. The zero-order chi connectivity index (χ0) is 12.8. The first kappa shape index (κ1) is 18.3. The number of hydrogen-bond acceptors (Lipinski definition) is 5. The molecule has 19 heavy (non-hydrogen) atoms. The fourth-order valence-corrected chi connectivity index (χ4v) is 1.62. The molecule has 0 saturated carbocycles. The Morgan fingerprint density at radius 2 is 1.53 bits per heavy atom. The summed E-state index contributed by atoms with van der Waals surface area (Å²) in [5.41, 5.74) is 11.8. The summed E-state index contributed by atoms with van der Waals surface area (Å²) in [4.78, 5) is 4.01. The van der Waals surface area contributed by atoms with Crippen LogP contribution in [-0.2, 0) is 9.31 Å². The number of nitrogen functional groups attached to an aromatic ring is 2. The van der Waals surface area contributed by atoms with Crippen molar-refractivity contribution in [3.8, 4) is 0 Å². The van der Waals surface area contributed by atoms with Crippen molar-refractivity contribution in [3.05, 3.63) is 12.3 Å². The van der Waals surface area contributed by atoms with Crippen LogP contribution >= 0.6 is 24.8 Å². The molecule has 1 aliphatic rings. The third-order valence-corrected chi connectivity index (χ3v) is 3.50. The molecule has 1 fully saturated rings. The molecule has 0 aliphatic carbocycles. The first-order valence-electron chi connectivity index (χ1n) is 5.59. The van der Waals surface area contributed by atoms with Crippen LogP contribution in [0, 0.1) is 0 Å². The number of anilines is 2. The third-order valence-electron chi connectivity index (χ3n) is 3.50. The molecule has 2 rings (SSSR count). The van der Waals surface area contributed by atoms with E-state index in [9.17, 15) is 0 Å². The van der Waals surface area contributed by atoms with E-state index >= 15 is 0 Å². The number of nitrogens with zero attached hydrogens (tertiary/aromatic N) is 1. The summed E-state index contributed by atoms with van der Waals surface area (Å²) in [7, 11) is -0.449. The zero-order valence-electron chi connectivity index (χ0n) is 11.5. The number of nitrogens with two attached hydrogens (primary N) is 2. The maximum absolute atomic E-state index is 5.89. The molecule has 5 nitrogen and oxygen atoms in total. The Bertz CT molecular complexity index is 442. The average Bonchev–Trinajstić information content (AvgIpc) is 2.41. The maximum Gasteiger partial charge on any atom is 0.496 e. The van der Waals surface area contributed by atoms with Gasteiger partial charge in [-0.2, -0.15) is 0 Å². The van der Waals surface area contributed by atoms with Crippen LogP contribution in [-0.4, -0.2) is 23.3 Å². The molecule has 1 aromatic heterocycles. The van der Waals surface area contributed by atoms with Crippen molar-refractivity contribution in [3.63, 3.8) is 0 Å². The zero-order valence-corrected chi connectivity index (χ0v) is 13.1. The molecule has 2 heterocycles. The lowest BCUT2D eigenvalue weighted by Crippen LogP contribution is -2.41. The van der Waals surface area contributed by atoms with Crippen LogP contribution in [0.1, 0.15) is 27.7 Å². The van der Waals surface area contributed by atoms with Gasteiger partial charge in [-0.05, 0) is 33.8 Å². The SMILES string of the molecule is CC1(C)OB(c2cnc(N)c(N)c2)OC1(C)C.Cl.Cl. The van der Waals surface area contributed by atoms with Gasteiger partial charge >= 0.3 is 7.12 Å². The maximum atomic E-state index is 5.89. The lowest BCUT2D eigenvalue weighted by atomic mass is 9.80. The van der Waals surface area contributed by atoms with Crippen molar-refractivity contribution in [2.24, 2.45) is 0 Å². The van der Waals surface area contributed by atoms with E-state index in [1.54, 1.807) is 12.3 Å². The Morgan fingerprint density at radius 1 is 1.05 bits per heavy atom. The molecular formula is C11H20BCl2N3O2. The van der Waals surface area contributed by atoms with Gasteiger partial charge in [0.1, 0.15) is 5.82 Å². The molecule has 108 valence electrons. The summed E-state index contributed by atoms with van der Waals surface area (Å²) in [6, 6.07) is 1.74. The molecule has 0 atom stereocenters. The highest BCUT2D eigenvalue weighted by Gasteiger charge is 2.51. The Hall–Kier alpha value is -0.685. The second kappa shape index (κ2) is 5.75. The number of aromatic nitrogens is 1. The highest BCUT2D eigenvalue weighted by atomic mass is 35.5. The fraction of sp³-hybridized carbons (Fsp3) is 0.545. The number of rotatable bonds is 1. The van der Waals surface area contributed by atoms with Crippen LogP contribution in [0.5, 0.6) is 0 Å². The van der Waals surface area contributed by atoms with Gasteiger partial charge in [-0.15, -0.1) is 24.8 Å². The van der Waals surface area contributed by atoms with Crippen LogP contribution in [0.3, 0.4) is 0 Å². The molecule has 8 heteroatoms. The first-order valence-corrected chi connectivity index (χ1v) is 5.59. The normalized spacial score (nSPS) is 19.5. The van der Waals surface area contributed by atoms with Gasteiger partial charge in [-0.3, -0.25) is 0 Å². The molecular weight excluding hydrogens is 288 g/mol. The van der Waals surface area contributed by atoms with Crippen molar-refractivity contribution >= 4 is 48.9 Å². The van der Waals surface area contributed by atoms with E-state index in [1.165, 1.54) is 0 Å². The van der Waals surface area contributed by atoms with Crippen molar-refractivity contribution in [2.75, 3.05) is 11.5 Å². The van der Waals surface area contributed by atoms with E-state index in [0.29, 0.717) is 11.5 Å².